The molecule has 5 aromatic rings. The SMILES string of the molecule is COc1cc(N(C)C(=O)O)ccc1-c1cnc([C@@H]2CCc3cc(-c4cc(Cl)ccc4-n4cnnn4)cc(=O)n32)[nH]1. The molecule has 2 N–H and O–H groups in total. The van der Waals surface area contributed by atoms with Crippen LogP contribution in [0.3, 0.4) is 0 Å². The molecule has 0 fully saturated rings. The van der Waals surface area contributed by atoms with Crippen molar-refractivity contribution >= 4 is 23.4 Å². The van der Waals surface area contributed by atoms with Crippen LogP contribution >= 0.6 is 11.6 Å². The van der Waals surface area contributed by atoms with Crippen molar-refractivity contribution in [1.82, 2.24) is 34.7 Å². The summed E-state index contributed by atoms with van der Waals surface area (Å²) in [5, 5.41) is 21.2. The van der Waals surface area contributed by atoms with E-state index in [0.29, 0.717) is 46.5 Å². The number of hydrogen-bond donors (Lipinski definition) is 2. The van der Waals surface area contributed by atoms with E-state index < -0.39 is 6.09 Å². The number of benzene rings is 2. The van der Waals surface area contributed by atoms with E-state index in [9.17, 15) is 14.7 Å². The molecule has 6 rings (SSSR count). The molecule has 1 atom stereocenters. The summed E-state index contributed by atoms with van der Waals surface area (Å²) in [6, 6.07) is 13.8. The van der Waals surface area contributed by atoms with Gasteiger partial charge in [-0.25, -0.2) is 9.78 Å². The van der Waals surface area contributed by atoms with Crippen LogP contribution in [0.25, 0.3) is 28.1 Å². The number of fused-ring (bicyclic) bond motifs is 1. The van der Waals surface area contributed by atoms with E-state index in [1.54, 1.807) is 47.2 Å². The first-order chi connectivity index (χ1) is 19.3. The number of nitrogens with zero attached hydrogens (tertiary/aromatic N) is 7. The van der Waals surface area contributed by atoms with Crippen LogP contribution in [0.5, 0.6) is 5.75 Å². The van der Waals surface area contributed by atoms with Crippen molar-refractivity contribution in [3.63, 3.8) is 0 Å². The van der Waals surface area contributed by atoms with Crippen LogP contribution in [0.4, 0.5) is 10.5 Å². The highest BCUT2D eigenvalue weighted by molar-refractivity contribution is 6.31. The number of nitrogens with one attached hydrogen (secondary N) is 1. The monoisotopic (exact) mass is 558 g/mol. The third-order valence-electron chi connectivity index (χ3n) is 7.06. The molecule has 0 saturated heterocycles. The first-order valence-corrected chi connectivity index (χ1v) is 12.7. The number of methoxy groups -OCH3 is 1. The molecule has 0 unspecified atom stereocenters. The van der Waals surface area contributed by atoms with Gasteiger partial charge in [-0.15, -0.1) is 5.10 Å². The van der Waals surface area contributed by atoms with Crippen molar-refractivity contribution < 1.29 is 14.6 Å². The molecular formula is C27H23ClN8O4. The van der Waals surface area contributed by atoms with Gasteiger partial charge >= 0.3 is 6.09 Å². The average molecular weight is 559 g/mol. The standard InChI is InChI=1S/C27H23ClN8O4/c1-34(27(38)39)17-4-6-19(24(12-17)40-2)21-13-29-26(31-21)23-8-5-18-9-15(10-25(37)36(18)23)20-11-16(28)3-7-22(20)35-14-30-32-33-35/h3-4,6-7,9-14,23H,5,8H2,1-2H3,(H,29,31)(H,38,39)/t23-/m0/s1. The third kappa shape index (κ3) is 4.37. The van der Waals surface area contributed by atoms with E-state index in [0.717, 1.165) is 27.3 Å². The largest absolute Gasteiger partial charge is 0.496 e. The van der Waals surface area contributed by atoms with Crippen molar-refractivity contribution in [2.24, 2.45) is 0 Å². The lowest BCUT2D eigenvalue weighted by Crippen LogP contribution is -2.24. The Balaban J connectivity index is 1.34. The fourth-order valence-electron chi connectivity index (χ4n) is 5.08. The van der Waals surface area contributed by atoms with E-state index in [1.807, 2.05) is 12.1 Å². The minimum Gasteiger partial charge on any atom is -0.496 e. The van der Waals surface area contributed by atoms with Gasteiger partial charge in [0.25, 0.3) is 5.56 Å². The lowest BCUT2D eigenvalue weighted by molar-refractivity contribution is 0.203. The van der Waals surface area contributed by atoms with Gasteiger partial charge in [0.2, 0.25) is 0 Å². The van der Waals surface area contributed by atoms with Gasteiger partial charge < -0.3 is 19.4 Å². The molecule has 1 aliphatic rings. The zero-order valence-corrected chi connectivity index (χ0v) is 22.2. The number of H-pyrrole nitrogens is 1. The number of imidazole rings is 1. The molecule has 0 radical (unpaired) electrons. The molecule has 0 aliphatic carbocycles. The number of aryl methyl sites for hydroxylation is 1. The van der Waals surface area contributed by atoms with Crippen LogP contribution in [0.15, 0.2) is 65.8 Å². The van der Waals surface area contributed by atoms with E-state index in [4.69, 9.17) is 16.3 Å². The third-order valence-corrected chi connectivity index (χ3v) is 7.29. The van der Waals surface area contributed by atoms with Crippen molar-refractivity contribution in [2.45, 2.75) is 18.9 Å². The molecular weight excluding hydrogens is 536 g/mol. The van der Waals surface area contributed by atoms with Crippen molar-refractivity contribution in [1.29, 1.82) is 0 Å². The maximum absolute atomic E-state index is 13.5. The Morgan fingerprint density at radius 1 is 1.18 bits per heavy atom. The molecule has 3 aromatic heterocycles. The minimum atomic E-state index is -1.07. The fraction of sp³-hybridized carbons (Fsp3) is 0.185. The number of hydrogen-bond acceptors (Lipinski definition) is 7. The maximum Gasteiger partial charge on any atom is 0.411 e. The number of aromatic amines is 1. The van der Waals surface area contributed by atoms with Gasteiger partial charge in [0, 0.05) is 41.0 Å². The highest BCUT2D eigenvalue weighted by atomic mass is 35.5. The molecule has 40 heavy (non-hydrogen) atoms. The number of carboxylic acid groups (broad SMARTS) is 1. The van der Waals surface area contributed by atoms with Crippen LogP contribution in [0, 0.1) is 0 Å². The summed E-state index contributed by atoms with van der Waals surface area (Å²) in [5.74, 6) is 1.14. The molecule has 12 nitrogen and oxygen atoms in total. The van der Waals surface area contributed by atoms with Gasteiger partial charge in [0.05, 0.1) is 36.4 Å². The minimum absolute atomic E-state index is 0.158. The molecule has 13 heteroatoms. The number of ether oxygens (including phenoxy) is 1. The number of amides is 1. The van der Waals surface area contributed by atoms with E-state index in [2.05, 4.69) is 25.5 Å². The lowest BCUT2D eigenvalue weighted by atomic mass is 10.0. The number of pyridine rings is 1. The van der Waals surface area contributed by atoms with E-state index in [1.165, 1.54) is 25.2 Å². The quantitative estimate of drug-likeness (QED) is 0.315. The van der Waals surface area contributed by atoms with Crippen LogP contribution < -0.4 is 15.2 Å². The summed E-state index contributed by atoms with van der Waals surface area (Å²) in [5.41, 5.74) is 4.79. The Bertz CT molecular complexity index is 1800. The van der Waals surface area contributed by atoms with Gasteiger partial charge in [0.15, 0.2) is 0 Å². The first kappa shape index (κ1) is 25.3. The van der Waals surface area contributed by atoms with Crippen LogP contribution in [-0.2, 0) is 6.42 Å². The summed E-state index contributed by atoms with van der Waals surface area (Å²) < 4.78 is 8.83. The molecule has 2 aromatic carbocycles. The number of carbonyl (C=O) groups is 1. The molecule has 0 saturated carbocycles. The molecule has 0 spiro atoms. The average Bonchev–Trinajstić information content (AvgIpc) is 3.73. The Morgan fingerprint density at radius 2 is 2.02 bits per heavy atom. The summed E-state index contributed by atoms with van der Waals surface area (Å²) >= 11 is 6.31. The van der Waals surface area contributed by atoms with Crippen LogP contribution in [0.2, 0.25) is 5.02 Å². The highest BCUT2D eigenvalue weighted by Crippen LogP contribution is 2.36. The maximum atomic E-state index is 13.5. The molecule has 202 valence electrons. The van der Waals surface area contributed by atoms with Gasteiger partial charge in [0.1, 0.15) is 17.9 Å². The summed E-state index contributed by atoms with van der Waals surface area (Å²) in [4.78, 5) is 33.9. The molecule has 1 aliphatic heterocycles. The Labute approximate surface area is 232 Å². The molecule has 1 amide bonds. The summed E-state index contributed by atoms with van der Waals surface area (Å²) in [7, 11) is 2.99. The van der Waals surface area contributed by atoms with Gasteiger partial charge in [-0.1, -0.05) is 11.6 Å². The highest BCUT2D eigenvalue weighted by Gasteiger charge is 2.28. The molecule has 4 heterocycles. The van der Waals surface area contributed by atoms with E-state index in [-0.39, 0.29) is 11.6 Å². The predicted octanol–water partition coefficient (Wildman–Crippen LogP) is 4.19. The van der Waals surface area contributed by atoms with Crippen LogP contribution in [0.1, 0.15) is 24.0 Å². The second-order valence-electron chi connectivity index (χ2n) is 9.32. The zero-order valence-electron chi connectivity index (χ0n) is 21.4. The number of rotatable bonds is 6. The Morgan fingerprint density at radius 3 is 2.77 bits per heavy atom. The normalized spacial score (nSPS) is 14.2. The zero-order chi connectivity index (χ0) is 28.0. The summed E-state index contributed by atoms with van der Waals surface area (Å²) in [6.45, 7) is 0. The smallest absolute Gasteiger partial charge is 0.411 e. The first-order valence-electron chi connectivity index (χ1n) is 12.3. The lowest BCUT2D eigenvalue weighted by Gasteiger charge is -2.16. The summed E-state index contributed by atoms with van der Waals surface area (Å²) in [6.07, 6.45) is 3.49. The molecule has 0 bridgehead atoms. The Hall–Kier alpha value is -4.97. The number of halogens is 1. The number of aromatic nitrogens is 7. The second-order valence-corrected chi connectivity index (χ2v) is 9.76. The van der Waals surface area contributed by atoms with E-state index >= 15 is 0 Å². The predicted molar refractivity (Wildman–Crippen MR) is 147 cm³/mol. The number of tetrazole rings is 1. The fourth-order valence-corrected chi connectivity index (χ4v) is 5.26. The van der Waals surface area contributed by atoms with Crippen molar-refractivity contribution in [3.8, 4) is 33.8 Å². The number of anilines is 1. The topological polar surface area (TPSA) is 144 Å². The van der Waals surface area contributed by atoms with Gasteiger partial charge in [-0.3, -0.25) is 9.69 Å². The van der Waals surface area contributed by atoms with Gasteiger partial charge in [-0.05, 0) is 65.2 Å². The van der Waals surface area contributed by atoms with Crippen molar-refractivity contribution in [3.05, 3.63) is 87.9 Å². The van der Waals surface area contributed by atoms with Gasteiger partial charge in [-0.2, -0.15) is 4.68 Å². The van der Waals surface area contributed by atoms with Crippen LogP contribution in [-0.4, -0.2) is 60.1 Å². The van der Waals surface area contributed by atoms with Crippen molar-refractivity contribution in [2.75, 3.05) is 19.1 Å². The Kier molecular flexibility index (Phi) is 6.31. The second kappa shape index (κ2) is 9.97.